The van der Waals surface area contributed by atoms with Crippen LogP contribution in [0, 0.1) is 13.8 Å². The van der Waals surface area contributed by atoms with Crippen molar-refractivity contribution in [1.82, 2.24) is 0 Å². The highest BCUT2D eigenvalue weighted by Crippen LogP contribution is 2.28. The third kappa shape index (κ3) is 3.37. The van der Waals surface area contributed by atoms with E-state index >= 15 is 0 Å². The van der Waals surface area contributed by atoms with Gasteiger partial charge in [-0.15, -0.1) is 0 Å². The van der Waals surface area contributed by atoms with Gasteiger partial charge in [-0.25, -0.2) is 0 Å². The molecule has 0 unspecified atom stereocenters. The highest BCUT2D eigenvalue weighted by molar-refractivity contribution is 9.10. The lowest BCUT2D eigenvalue weighted by atomic mass is 10.0. The van der Waals surface area contributed by atoms with Crippen molar-refractivity contribution >= 4 is 38.6 Å². The quantitative estimate of drug-likeness (QED) is 0.482. The second kappa shape index (κ2) is 6.42. The standard InChI is InChI=1S/C19H17BrN2O/c1-12-3-6-16(9-13(12)2)22-21-11-18-17-7-5-15(20)10-14(17)4-8-19(18)23/h3-11,22-23H,1-2H3/b21-11+. The molecule has 0 saturated heterocycles. The van der Waals surface area contributed by atoms with E-state index < -0.39 is 0 Å². The molecule has 0 aliphatic heterocycles. The molecule has 0 fully saturated rings. The topological polar surface area (TPSA) is 44.6 Å². The van der Waals surface area contributed by atoms with Crippen LogP contribution >= 0.6 is 15.9 Å². The summed E-state index contributed by atoms with van der Waals surface area (Å²) in [5.74, 6) is 0.213. The van der Waals surface area contributed by atoms with E-state index in [9.17, 15) is 5.11 Å². The van der Waals surface area contributed by atoms with Gasteiger partial charge < -0.3 is 5.11 Å². The van der Waals surface area contributed by atoms with Crippen LogP contribution in [0.1, 0.15) is 16.7 Å². The Hall–Kier alpha value is -2.33. The zero-order valence-corrected chi connectivity index (χ0v) is 14.6. The predicted octanol–water partition coefficient (Wildman–Crippen LogP) is 5.37. The van der Waals surface area contributed by atoms with E-state index in [-0.39, 0.29) is 5.75 Å². The van der Waals surface area contributed by atoms with Crippen molar-refractivity contribution in [2.24, 2.45) is 5.10 Å². The molecule has 0 aliphatic carbocycles. The Kier molecular flexibility index (Phi) is 4.35. The fourth-order valence-corrected chi connectivity index (χ4v) is 2.81. The van der Waals surface area contributed by atoms with Crippen LogP contribution in [0.4, 0.5) is 5.69 Å². The number of hydrogen-bond acceptors (Lipinski definition) is 3. The molecule has 0 bridgehead atoms. The van der Waals surface area contributed by atoms with Crippen molar-refractivity contribution in [3.63, 3.8) is 0 Å². The molecule has 0 saturated carbocycles. The first-order chi connectivity index (χ1) is 11.0. The molecular formula is C19H17BrN2O. The van der Waals surface area contributed by atoms with Crippen molar-refractivity contribution in [2.45, 2.75) is 13.8 Å². The third-order valence-electron chi connectivity index (χ3n) is 3.89. The van der Waals surface area contributed by atoms with E-state index in [0.717, 1.165) is 20.9 Å². The third-order valence-corrected chi connectivity index (χ3v) is 4.39. The molecule has 0 atom stereocenters. The van der Waals surface area contributed by atoms with Gasteiger partial charge in [-0.2, -0.15) is 5.10 Å². The van der Waals surface area contributed by atoms with E-state index in [1.54, 1.807) is 12.3 Å². The number of aryl methyl sites for hydroxylation is 2. The second-order valence-corrected chi connectivity index (χ2v) is 6.45. The summed E-state index contributed by atoms with van der Waals surface area (Å²) in [5.41, 5.74) is 7.10. The van der Waals surface area contributed by atoms with Crippen LogP contribution in [0.2, 0.25) is 0 Å². The lowest BCUT2D eigenvalue weighted by Crippen LogP contribution is -1.93. The Balaban J connectivity index is 1.91. The molecule has 0 heterocycles. The maximum absolute atomic E-state index is 10.1. The normalized spacial score (nSPS) is 11.3. The average molecular weight is 369 g/mol. The molecule has 0 amide bonds. The molecule has 23 heavy (non-hydrogen) atoms. The molecular weight excluding hydrogens is 352 g/mol. The summed E-state index contributed by atoms with van der Waals surface area (Å²) < 4.78 is 1.01. The van der Waals surface area contributed by atoms with Crippen molar-refractivity contribution < 1.29 is 5.11 Å². The molecule has 116 valence electrons. The predicted molar refractivity (Wildman–Crippen MR) is 100 cm³/mol. The first-order valence-corrected chi connectivity index (χ1v) is 8.11. The fraction of sp³-hybridized carbons (Fsp3) is 0.105. The van der Waals surface area contributed by atoms with E-state index in [4.69, 9.17) is 0 Å². The maximum atomic E-state index is 10.1. The van der Waals surface area contributed by atoms with E-state index in [1.807, 2.05) is 36.4 Å². The van der Waals surface area contributed by atoms with Crippen LogP contribution in [0.5, 0.6) is 5.75 Å². The molecule has 4 heteroatoms. The van der Waals surface area contributed by atoms with Gasteiger partial charge >= 0.3 is 0 Å². The van der Waals surface area contributed by atoms with Crippen LogP contribution in [-0.4, -0.2) is 11.3 Å². The summed E-state index contributed by atoms with van der Waals surface area (Å²) in [7, 11) is 0. The number of nitrogens with one attached hydrogen (secondary N) is 1. The number of phenols is 1. The number of benzene rings is 3. The number of rotatable bonds is 3. The second-order valence-electron chi connectivity index (χ2n) is 5.53. The zero-order valence-electron chi connectivity index (χ0n) is 13.0. The van der Waals surface area contributed by atoms with Gasteiger partial charge in [-0.05, 0) is 66.1 Å². The molecule has 0 radical (unpaired) electrons. The minimum Gasteiger partial charge on any atom is -0.507 e. The summed E-state index contributed by atoms with van der Waals surface area (Å²) >= 11 is 3.46. The van der Waals surface area contributed by atoms with Gasteiger partial charge in [0.2, 0.25) is 0 Å². The summed E-state index contributed by atoms with van der Waals surface area (Å²) in [5, 5.41) is 16.4. The zero-order chi connectivity index (χ0) is 16.4. The molecule has 3 rings (SSSR count). The lowest BCUT2D eigenvalue weighted by Gasteiger charge is -2.07. The molecule has 3 nitrogen and oxygen atoms in total. The maximum Gasteiger partial charge on any atom is 0.125 e. The number of halogens is 1. The van der Waals surface area contributed by atoms with Crippen molar-refractivity contribution in [3.05, 3.63) is 69.7 Å². The van der Waals surface area contributed by atoms with Gasteiger partial charge in [-0.1, -0.05) is 34.1 Å². The fourth-order valence-electron chi connectivity index (χ4n) is 2.43. The summed E-state index contributed by atoms with van der Waals surface area (Å²) in [6, 6.07) is 15.6. The number of phenolic OH excluding ortho intramolecular Hbond substituents is 1. The largest absolute Gasteiger partial charge is 0.507 e. The minimum atomic E-state index is 0.213. The summed E-state index contributed by atoms with van der Waals surface area (Å²) in [6.07, 6.45) is 1.65. The monoisotopic (exact) mass is 368 g/mol. The Morgan fingerprint density at radius 3 is 2.61 bits per heavy atom. The van der Waals surface area contributed by atoms with E-state index in [0.29, 0.717) is 5.56 Å². The highest BCUT2D eigenvalue weighted by atomic mass is 79.9. The number of nitrogens with zero attached hydrogens (tertiary/aromatic N) is 1. The smallest absolute Gasteiger partial charge is 0.125 e. The van der Waals surface area contributed by atoms with Gasteiger partial charge in [0.15, 0.2) is 0 Å². The first-order valence-electron chi connectivity index (χ1n) is 7.32. The average Bonchev–Trinajstić information content (AvgIpc) is 2.53. The van der Waals surface area contributed by atoms with Gasteiger partial charge in [0, 0.05) is 10.0 Å². The van der Waals surface area contributed by atoms with Gasteiger partial charge in [0.1, 0.15) is 5.75 Å². The SMILES string of the molecule is Cc1ccc(N/N=C/c2c(O)ccc3cc(Br)ccc23)cc1C. The molecule has 3 aromatic rings. The van der Waals surface area contributed by atoms with Crippen molar-refractivity contribution in [1.29, 1.82) is 0 Å². The summed E-state index contributed by atoms with van der Waals surface area (Å²) in [4.78, 5) is 0. The number of hydrogen-bond donors (Lipinski definition) is 2. The number of anilines is 1. The molecule has 0 spiro atoms. The van der Waals surface area contributed by atoms with Gasteiger partial charge in [0.05, 0.1) is 11.9 Å². The van der Waals surface area contributed by atoms with Crippen LogP contribution in [0.15, 0.2) is 58.1 Å². The highest BCUT2D eigenvalue weighted by Gasteiger charge is 2.05. The Bertz CT molecular complexity index is 903. The minimum absolute atomic E-state index is 0.213. The van der Waals surface area contributed by atoms with Crippen LogP contribution in [0.3, 0.4) is 0 Å². The van der Waals surface area contributed by atoms with E-state index in [1.165, 1.54) is 11.1 Å². The molecule has 0 aromatic heterocycles. The molecule has 3 aromatic carbocycles. The van der Waals surface area contributed by atoms with Gasteiger partial charge in [0.25, 0.3) is 0 Å². The van der Waals surface area contributed by atoms with Crippen molar-refractivity contribution in [3.8, 4) is 5.75 Å². The van der Waals surface area contributed by atoms with Gasteiger partial charge in [-0.3, -0.25) is 5.43 Å². The molecule has 0 aliphatic rings. The first kappa shape index (κ1) is 15.6. The Morgan fingerprint density at radius 2 is 1.83 bits per heavy atom. The summed E-state index contributed by atoms with van der Waals surface area (Å²) in [6.45, 7) is 4.15. The number of fused-ring (bicyclic) bond motifs is 1. The Labute approximate surface area is 143 Å². The van der Waals surface area contributed by atoms with Crippen LogP contribution < -0.4 is 5.43 Å². The number of hydrazone groups is 1. The van der Waals surface area contributed by atoms with E-state index in [2.05, 4.69) is 46.4 Å². The molecule has 2 N–H and O–H groups in total. The van der Waals surface area contributed by atoms with Crippen molar-refractivity contribution in [2.75, 3.05) is 5.43 Å². The van der Waals surface area contributed by atoms with Crippen LogP contribution in [-0.2, 0) is 0 Å². The lowest BCUT2D eigenvalue weighted by molar-refractivity contribution is 0.475. The Morgan fingerprint density at radius 1 is 1.00 bits per heavy atom. The van der Waals surface area contributed by atoms with Crippen LogP contribution in [0.25, 0.3) is 10.8 Å². The number of aromatic hydroxyl groups is 1.